The lowest BCUT2D eigenvalue weighted by atomic mass is 9.93. The number of carbonyl (C=O) groups excluding carboxylic acids is 1. The van der Waals surface area contributed by atoms with E-state index in [2.05, 4.69) is 5.32 Å². The van der Waals surface area contributed by atoms with E-state index in [9.17, 15) is 23.1 Å². The summed E-state index contributed by atoms with van der Waals surface area (Å²) in [7, 11) is 0. The molecule has 1 unspecified atom stereocenters. The van der Waals surface area contributed by atoms with E-state index in [1.54, 1.807) is 0 Å². The van der Waals surface area contributed by atoms with Crippen molar-refractivity contribution in [3.63, 3.8) is 0 Å². The molecule has 24 heavy (non-hydrogen) atoms. The normalized spacial score (nSPS) is 13.7. The van der Waals surface area contributed by atoms with Crippen molar-refractivity contribution in [2.45, 2.75) is 18.3 Å². The third-order valence-corrected chi connectivity index (χ3v) is 3.34. The Morgan fingerprint density at radius 3 is 2.38 bits per heavy atom. The summed E-state index contributed by atoms with van der Waals surface area (Å²) in [5.41, 5.74) is 1.81. The molecule has 132 valence electrons. The minimum atomic E-state index is -4.96. The molecule has 0 aliphatic heterocycles. The largest absolute Gasteiger partial charge is 0.467 e. The highest BCUT2D eigenvalue weighted by atomic mass is 35.5. The van der Waals surface area contributed by atoms with Gasteiger partial charge in [0.25, 0.3) is 5.91 Å². The molecule has 2 rings (SSSR count). The molecule has 0 spiro atoms. The van der Waals surface area contributed by atoms with Crippen LogP contribution < -0.4 is 11.1 Å². The first-order chi connectivity index (χ1) is 10.8. The predicted octanol–water partition coefficient (Wildman–Crippen LogP) is 2.34. The van der Waals surface area contributed by atoms with Crippen LogP contribution >= 0.6 is 12.4 Å². The van der Waals surface area contributed by atoms with Crippen molar-refractivity contribution in [3.8, 4) is 0 Å². The van der Waals surface area contributed by atoms with Gasteiger partial charge in [-0.1, -0.05) is 30.3 Å². The van der Waals surface area contributed by atoms with E-state index in [4.69, 9.17) is 10.2 Å². The van der Waals surface area contributed by atoms with E-state index in [0.29, 0.717) is 5.76 Å². The van der Waals surface area contributed by atoms with Crippen LogP contribution in [0.3, 0.4) is 0 Å². The number of carbonyl (C=O) groups is 1. The van der Waals surface area contributed by atoms with Gasteiger partial charge < -0.3 is 20.6 Å². The lowest BCUT2D eigenvalue weighted by Crippen LogP contribution is -2.51. The van der Waals surface area contributed by atoms with E-state index in [0.717, 1.165) is 18.4 Å². The molecule has 1 atom stereocenters. The number of furan rings is 1. The number of hydrogen-bond acceptors (Lipinski definition) is 4. The Balaban J connectivity index is 0.00000288. The maximum atomic E-state index is 13.3. The van der Waals surface area contributed by atoms with Crippen molar-refractivity contribution in [2.75, 3.05) is 6.54 Å². The van der Waals surface area contributed by atoms with Gasteiger partial charge in [-0.25, -0.2) is 0 Å². The molecule has 0 saturated carbocycles. The number of halogens is 4. The molecule has 9 heteroatoms. The molecule has 0 aliphatic carbocycles. The molecule has 1 aromatic carbocycles. The highest BCUT2D eigenvalue weighted by molar-refractivity contribution is 5.94. The highest BCUT2D eigenvalue weighted by Crippen LogP contribution is 2.38. The number of amides is 1. The molecule has 2 aromatic rings. The van der Waals surface area contributed by atoms with Crippen LogP contribution in [0.1, 0.15) is 21.7 Å². The monoisotopic (exact) mass is 364 g/mol. The molecule has 0 aliphatic rings. The smallest absolute Gasteiger partial charge is 0.423 e. The van der Waals surface area contributed by atoms with Gasteiger partial charge >= 0.3 is 6.18 Å². The third kappa shape index (κ3) is 4.08. The molecular weight excluding hydrogens is 349 g/mol. The van der Waals surface area contributed by atoms with Crippen LogP contribution in [0.4, 0.5) is 13.2 Å². The number of nitrogens with one attached hydrogen (secondary N) is 1. The van der Waals surface area contributed by atoms with Gasteiger partial charge in [0.1, 0.15) is 12.0 Å². The maximum absolute atomic E-state index is 13.3. The standard InChI is InChI=1S/C15H15F3N2O3.ClH/c16-15(17,18)14(22,11-4-2-1-3-5-11)9-20-13(21)10-6-12(7-19)23-8-10;/h1-6,8,22H,7,9,19H2,(H,20,21);1H. The average Bonchev–Trinajstić information content (AvgIpc) is 3.01. The van der Waals surface area contributed by atoms with Crippen molar-refractivity contribution in [2.24, 2.45) is 5.73 Å². The van der Waals surface area contributed by atoms with Crippen LogP contribution in [0.25, 0.3) is 0 Å². The highest BCUT2D eigenvalue weighted by Gasteiger charge is 2.55. The summed E-state index contributed by atoms with van der Waals surface area (Å²) >= 11 is 0. The number of hydrogen-bond donors (Lipinski definition) is 3. The predicted molar refractivity (Wildman–Crippen MR) is 82.6 cm³/mol. The minimum Gasteiger partial charge on any atom is -0.467 e. The van der Waals surface area contributed by atoms with Crippen LogP contribution in [0.15, 0.2) is 47.1 Å². The summed E-state index contributed by atoms with van der Waals surface area (Å²) < 4.78 is 44.7. The molecule has 5 nitrogen and oxygen atoms in total. The first-order valence-corrected chi connectivity index (χ1v) is 6.68. The molecule has 0 fully saturated rings. The first-order valence-electron chi connectivity index (χ1n) is 6.68. The van der Waals surface area contributed by atoms with Gasteiger partial charge in [0, 0.05) is 0 Å². The number of alkyl halides is 3. The fourth-order valence-corrected chi connectivity index (χ4v) is 2.00. The Morgan fingerprint density at radius 1 is 1.25 bits per heavy atom. The Labute approximate surface area is 142 Å². The number of aliphatic hydroxyl groups is 1. The summed E-state index contributed by atoms with van der Waals surface area (Å²) in [5.74, 6) is -0.476. The van der Waals surface area contributed by atoms with Gasteiger partial charge in [-0.3, -0.25) is 4.79 Å². The van der Waals surface area contributed by atoms with Crippen LogP contribution in [0.5, 0.6) is 0 Å². The van der Waals surface area contributed by atoms with Crippen molar-refractivity contribution in [1.29, 1.82) is 0 Å². The molecule has 4 N–H and O–H groups in total. The zero-order valence-electron chi connectivity index (χ0n) is 12.3. The van der Waals surface area contributed by atoms with Gasteiger partial charge in [0.2, 0.25) is 5.60 Å². The fourth-order valence-electron chi connectivity index (χ4n) is 2.00. The third-order valence-electron chi connectivity index (χ3n) is 3.34. The summed E-state index contributed by atoms with van der Waals surface area (Å²) in [6.45, 7) is -0.966. The Hall–Kier alpha value is -2.03. The number of nitrogens with two attached hydrogens (primary N) is 1. The van der Waals surface area contributed by atoms with Crippen molar-refractivity contribution in [3.05, 3.63) is 59.5 Å². The van der Waals surface area contributed by atoms with E-state index in [1.807, 2.05) is 0 Å². The second kappa shape index (κ2) is 7.69. The lowest BCUT2D eigenvalue weighted by Gasteiger charge is -2.31. The Bertz CT molecular complexity index is 676. The average molecular weight is 365 g/mol. The second-order valence-corrected chi connectivity index (χ2v) is 4.91. The summed E-state index contributed by atoms with van der Waals surface area (Å²) in [5, 5.41) is 12.2. The first kappa shape index (κ1) is 20.0. The molecule has 1 aromatic heterocycles. The molecule has 0 saturated heterocycles. The zero-order chi connectivity index (χ0) is 17.1. The quantitative estimate of drug-likeness (QED) is 0.759. The Morgan fingerprint density at radius 2 is 1.88 bits per heavy atom. The maximum Gasteiger partial charge on any atom is 0.423 e. The number of benzene rings is 1. The van der Waals surface area contributed by atoms with Crippen molar-refractivity contribution >= 4 is 18.3 Å². The van der Waals surface area contributed by atoms with Gasteiger partial charge in [-0.2, -0.15) is 13.2 Å². The van der Waals surface area contributed by atoms with Crippen LogP contribution in [0.2, 0.25) is 0 Å². The SMILES string of the molecule is Cl.NCc1cc(C(=O)NCC(O)(c2ccccc2)C(F)(F)F)co1. The van der Waals surface area contributed by atoms with E-state index in [1.165, 1.54) is 24.3 Å². The van der Waals surface area contributed by atoms with Crippen LogP contribution in [-0.2, 0) is 12.1 Å². The van der Waals surface area contributed by atoms with Crippen molar-refractivity contribution < 1.29 is 27.5 Å². The van der Waals surface area contributed by atoms with Gasteiger partial charge in [0.15, 0.2) is 0 Å². The molecule has 1 amide bonds. The van der Waals surface area contributed by atoms with Gasteiger partial charge in [-0.15, -0.1) is 12.4 Å². The molecule has 0 bridgehead atoms. The van der Waals surface area contributed by atoms with Crippen molar-refractivity contribution in [1.82, 2.24) is 5.32 Å². The lowest BCUT2D eigenvalue weighted by molar-refractivity contribution is -0.263. The summed E-state index contributed by atoms with van der Waals surface area (Å²) in [6, 6.07) is 7.88. The van der Waals surface area contributed by atoms with E-state index < -0.39 is 24.2 Å². The second-order valence-electron chi connectivity index (χ2n) is 4.91. The van der Waals surface area contributed by atoms with E-state index >= 15 is 0 Å². The topological polar surface area (TPSA) is 88.5 Å². The minimum absolute atomic E-state index is 0. The Kier molecular flexibility index (Phi) is 6.42. The van der Waals surface area contributed by atoms with Gasteiger partial charge in [0.05, 0.1) is 18.7 Å². The summed E-state index contributed by atoms with van der Waals surface area (Å²) in [4.78, 5) is 11.9. The molecule has 0 radical (unpaired) electrons. The molecular formula is C15H16ClF3N2O3. The van der Waals surface area contributed by atoms with Crippen LogP contribution in [0, 0.1) is 0 Å². The van der Waals surface area contributed by atoms with Crippen LogP contribution in [-0.4, -0.2) is 23.7 Å². The summed E-state index contributed by atoms with van der Waals surface area (Å²) in [6.07, 6.45) is -3.87. The van der Waals surface area contributed by atoms with E-state index in [-0.39, 0.29) is 30.1 Å². The molecule has 1 heterocycles. The van der Waals surface area contributed by atoms with Gasteiger partial charge in [-0.05, 0) is 11.6 Å². The number of rotatable bonds is 5. The zero-order valence-corrected chi connectivity index (χ0v) is 13.2. The fraction of sp³-hybridized carbons (Fsp3) is 0.267.